The first kappa shape index (κ1) is 23.8. The molecule has 3 N–H and O–H groups in total. The van der Waals surface area contributed by atoms with Crippen molar-refractivity contribution in [3.05, 3.63) is 30.3 Å². The average Bonchev–Trinajstić information content (AvgIpc) is 3.38. The second kappa shape index (κ2) is 8.03. The van der Waals surface area contributed by atoms with Gasteiger partial charge < -0.3 is 20.5 Å². The minimum absolute atomic E-state index is 0.0427. The molecule has 2 saturated heterocycles. The lowest BCUT2D eigenvalue weighted by Gasteiger charge is -2.40. The summed E-state index contributed by atoms with van der Waals surface area (Å²) >= 11 is 0. The lowest BCUT2D eigenvalue weighted by Crippen LogP contribution is -2.55. The van der Waals surface area contributed by atoms with Gasteiger partial charge in [0.2, 0.25) is 11.8 Å². The number of benzene rings is 1. The highest BCUT2D eigenvalue weighted by Crippen LogP contribution is 2.68. The Hall–Kier alpha value is -2.97. The Kier molecular flexibility index (Phi) is 5.45. The van der Waals surface area contributed by atoms with Crippen molar-refractivity contribution in [2.45, 2.75) is 54.3 Å². The third kappa shape index (κ3) is 3.30. The van der Waals surface area contributed by atoms with E-state index in [4.69, 9.17) is 10.5 Å². The van der Waals surface area contributed by atoms with Crippen molar-refractivity contribution in [2.75, 3.05) is 13.2 Å². The first-order valence-electron chi connectivity index (χ1n) is 11.7. The van der Waals surface area contributed by atoms with Crippen LogP contribution in [0.5, 0.6) is 0 Å². The number of carboxylic acids is 1. The molecule has 0 aromatic heterocycles. The zero-order valence-corrected chi connectivity index (χ0v) is 19.8. The molecule has 2 saturated carbocycles. The Labute approximate surface area is 202 Å². The van der Waals surface area contributed by atoms with Crippen LogP contribution in [-0.4, -0.2) is 66.8 Å². The van der Waals surface area contributed by atoms with E-state index >= 15 is 0 Å². The predicted octanol–water partition coefficient (Wildman–Crippen LogP) is 0.715. The molecule has 0 spiro atoms. The van der Waals surface area contributed by atoms with Gasteiger partial charge in [0.25, 0.3) is 0 Å². The van der Waals surface area contributed by atoms with Crippen molar-refractivity contribution < 1.29 is 32.6 Å². The van der Waals surface area contributed by atoms with E-state index < -0.39 is 55.5 Å². The molecule has 1 aromatic rings. The summed E-state index contributed by atoms with van der Waals surface area (Å²) in [7, 11) is -3.98. The number of morpholine rings is 1. The average molecular weight is 502 g/mol. The largest absolute Gasteiger partial charge is 0.481 e. The highest BCUT2D eigenvalue weighted by Gasteiger charge is 2.76. The van der Waals surface area contributed by atoms with E-state index in [2.05, 4.69) is 0 Å². The summed E-state index contributed by atoms with van der Waals surface area (Å²) in [5.74, 6) is -5.00. The number of rotatable bonds is 6. The monoisotopic (exact) mass is 501 g/mol. The van der Waals surface area contributed by atoms with E-state index in [1.165, 1.54) is 12.1 Å². The van der Waals surface area contributed by atoms with Gasteiger partial charge in [-0.05, 0) is 44.2 Å². The number of fused-ring (bicyclic) bond motifs is 2. The Morgan fingerprint density at radius 3 is 2.26 bits per heavy atom. The molecule has 2 amide bonds. The number of sulfone groups is 1. The molecule has 11 heteroatoms. The Morgan fingerprint density at radius 1 is 1.11 bits per heavy atom. The number of nitrogens with zero attached hydrogens (tertiary/aromatic N) is 2. The lowest BCUT2D eigenvalue weighted by molar-refractivity contribution is -0.164. The molecular formula is C24H27N3O7S. The van der Waals surface area contributed by atoms with Crippen LogP contribution in [0.15, 0.2) is 35.2 Å². The van der Waals surface area contributed by atoms with Gasteiger partial charge >= 0.3 is 5.97 Å². The molecule has 186 valence electrons. The number of amides is 2. The van der Waals surface area contributed by atoms with Crippen LogP contribution >= 0.6 is 0 Å². The molecule has 2 bridgehead atoms. The highest BCUT2D eigenvalue weighted by molar-refractivity contribution is 7.92. The third-order valence-electron chi connectivity index (χ3n) is 8.61. The standard InChI is InChI=1S/C24H27N3O7S/c25-13-23(21(26)29)10-19(23)24(22(30)31)9-17(35(32,33)16-4-2-1-3-5-16)8-18(24)20(28)27-14-6-7-15(27)12-34-11-14/h1-5,14-15,17-19H,6-12H2,(H2,26,29)(H,30,31)/t14-,15+,17-,18+,19?,23?,24+/m1/s1. The van der Waals surface area contributed by atoms with Gasteiger partial charge in [-0.3, -0.25) is 14.4 Å². The summed E-state index contributed by atoms with van der Waals surface area (Å²) in [6.45, 7) is 0.682. The SMILES string of the molecule is N#CC1(C(N)=O)CC1[C@]1(C(=O)O)C[C@H](S(=O)(=O)c2ccccc2)C[C@H]1C(=O)N1[C@@H]2CC[C@H]1COC2. The number of hydrogen-bond acceptors (Lipinski definition) is 7. The van der Waals surface area contributed by atoms with Crippen LogP contribution in [0.2, 0.25) is 0 Å². The minimum atomic E-state index is -3.98. The van der Waals surface area contributed by atoms with Crippen molar-refractivity contribution in [3.8, 4) is 6.07 Å². The molecule has 2 unspecified atom stereocenters. The summed E-state index contributed by atoms with van der Waals surface area (Å²) in [5, 5.41) is 19.1. The van der Waals surface area contributed by atoms with Gasteiger partial charge in [-0.15, -0.1) is 0 Å². The summed E-state index contributed by atoms with van der Waals surface area (Å²) in [4.78, 5) is 40.9. The van der Waals surface area contributed by atoms with E-state index in [1.54, 1.807) is 23.1 Å². The molecule has 2 heterocycles. The molecule has 5 rings (SSSR count). The molecule has 35 heavy (non-hydrogen) atoms. The number of aliphatic carboxylic acids is 1. The number of hydrogen-bond donors (Lipinski definition) is 2. The fourth-order valence-corrected chi connectivity index (χ4v) is 8.57. The van der Waals surface area contributed by atoms with Gasteiger partial charge in [0, 0.05) is 5.92 Å². The number of nitrogens with two attached hydrogens (primary N) is 1. The number of carbonyl (C=O) groups is 3. The van der Waals surface area contributed by atoms with E-state index in [-0.39, 0.29) is 36.2 Å². The van der Waals surface area contributed by atoms with Crippen molar-refractivity contribution in [1.82, 2.24) is 4.90 Å². The molecule has 4 fully saturated rings. The van der Waals surface area contributed by atoms with Crippen LogP contribution in [0.4, 0.5) is 0 Å². The van der Waals surface area contributed by atoms with Gasteiger partial charge in [-0.25, -0.2) is 8.42 Å². The van der Waals surface area contributed by atoms with Crippen molar-refractivity contribution in [3.63, 3.8) is 0 Å². The summed E-state index contributed by atoms with van der Waals surface area (Å²) < 4.78 is 32.7. The fraction of sp³-hybridized carbons (Fsp3) is 0.583. The Balaban J connectivity index is 1.60. The molecule has 2 aliphatic carbocycles. The Bertz CT molecular complexity index is 1210. The number of primary amides is 1. The van der Waals surface area contributed by atoms with Gasteiger partial charge in [-0.2, -0.15) is 5.26 Å². The van der Waals surface area contributed by atoms with Crippen LogP contribution in [0.1, 0.15) is 32.1 Å². The first-order valence-corrected chi connectivity index (χ1v) is 13.3. The van der Waals surface area contributed by atoms with Crippen LogP contribution in [-0.2, 0) is 29.0 Å². The maximum atomic E-state index is 14.0. The zero-order valence-electron chi connectivity index (χ0n) is 19.0. The highest BCUT2D eigenvalue weighted by atomic mass is 32.2. The van der Waals surface area contributed by atoms with E-state index in [0.717, 1.165) is 12.8 Å². The molecule has 2 aliphatic heterocycles. The fourth-order valence-electron chi connectivity index (χ4n) is 6.71. The van der Waals surface area contributed by atoms with Gasteiger partial charge in [-0.1, -0.05) is 18.2 Å². The molecular weight excluding hydrogens is 474 g/mol. The first-order chi connectivity index (χ1) is 16.6. The summed E-state index contributed by atoms with van der Waals surface area (Å²) in [6.07, 6.45) is 0.777. The molecule has 1 aromatic carbocycles. The maximum Gasteiger partial charge on any atom is 0.310 e. The molecule has 10 nitrogen and oxygen atoms in total. The maximum absolute atomic E-state index is 14.0. The van der Waals surface area contributed by atoms with Crippen molar-refractivity contribution in [1.29, 1.82) is 5.26 Å². The van der Waals surface area contributed by atoms with Gasteiger partial charge in [0.1, 0.15) is 5.41 Å². The van der Waals surface area contributed by atoms with E-state index in [0.29, 0.717) is 13.2 Å². The number of carboxylic acid groups (broad SMARTS) is 1. The van der Waals surface area contributed by atoms with Crippen LogP contribution in [0.3, 0.4) is 0 Å². The summed E-state index contributed by atoms with van der Waals surface area (Å²) in [6, 6.07) is 9.19. The summed E-state index contributed by atoms with van der Waals surface area (Å²) in [5.41, 5.74) is 1.88. The van der Waals surface area contributed by atoms with Gasteiger partial charge in [0.15, 0.2) is 9.84 Å². The molecule has 4 aliphatic rings. The smallest absolute Gasteiger partial charge is 0.310 e. The second-order valence-electron chi connectivity index (χ2n) is 10.2. The van der Waals surface area contributed by atoms with Crippen LogP contribution in [0.25, 0.3) is 0 Å². The normalized spacial score (nSPS) is 38.0. The van der Waals surface area contributed by atoms with Crippen molar-refractivity contribution in [2.24, 2.45) is 28.4 Å². The topological polar surface area (TPSA) is 168 Å². The predicted molar refractivity (Wildman–Crippen MR) is 120 cm³/mol. The molecule has 7 atom stereocenters. The minimum Gasteiger partial charge on any atom is -0.481 e. The number of nitriles is 1. The van der Waals surface area contributed by atoms with E-state index in [1.807, 2.05) is 6.07 Å². The van der Waals surface area contributed by atoms with Crippen molar-refractivity contribution >= 4 is 27.6 Å². The number of carbonyl (C=O) groups excluding carboxylic acids is 2. The van der Waals surface area contributed by atoms with Gasteiger partial charge in [0.05, 0.1) is 52.8 Å². The van der Waals surface area contributed by atoms with E-state index in [9.17, 15) is 33.2 Å². The third-order valence-corrected chi connectivity index (χ3v) is 10.8. The lowest BCUT2D eigenvalue weighted by atomic mass is 9.70. The second-order valence-corrected chi connectivity index (χ2v) is 12.4. The zero-order chi connectivity index (χ0) is 25.2. The number of ether oxygens (including phenoxy) is 1. The Morgan fingerprint density at radius 2 is 1.74 bits per heavy atom. The quantitative estimate of drug-likeness (QED) is 0.574. The van der Waals surface area contributed by atoms with Crippen LogP contribution in [0, 0.1) is 34.0 Å². The molecule has 0 radical (unpaired) electrons. The van der Waals surface area contributed by atoms with Crippen LogP contribution < -0.4 is 5.73 Å².